The molecule has 2 aliphatic heterocycles. The number of nitrogens with one attached hydrogen (secondary N) is 1. The number of fused-ring (bicyclic) bond motifs is 3. The molecule has 3 heterocycles. The Labute approximate surface area is 211 Å². The number of phenols is 1. The Morgan fingerprint density at radius 3 is 2.39 bits per heavy atom. The molecule has 0 saturated heterocycles. The molecule has 1 aromatic heterocycles. The van der Waals surface area contributed by atoms with E-state index in [9.17, 15) is 18.3 Å². The van der Waals surface area contributed by atoms with Crippen LogP contribution >= 0.6 is 12.2 Å². The fourth-order valence-electron chi connectivity index (χ4n) is 4.32. The Bertz CT molecular complexity index is 1330. The van der Waals surface area contributed by atoms with Crippen LogP contribution in [0.5, 0.6) is 5.75 Å². The van der Waals surface area contributed by atoms with Gasteiger partial charge >= 0.3 is 6.18 Å². The SMILES string of the molecule is CC(C)[C@@H]1CN2C(=N1)N(C)C(=S)c1c2nn(Cc2ccc(C(F)(F)F)cc2)c1Nc1ccc(O)cc1. The van der Waals surface area contributed by atoms with Crippen molar-refractivity contribution in [3.63, 3.8) is 0 Å². The first-order chi connectivity index (χ1) is 17.0. The maximum Gasteiger partial charge on any atom is 0.416 e. The molecule has 0 aliphatic carbocycles. The second kappa shape index (κ2) is 8.81. The van der Waals surface area contributed by atoms with Crippen molar-refractivity contribution in [2.45, 2.75) is 32.6 Å². The van der Waals surface area contributed by atoms with Gasteiger partial charge in [0.25, 0.3) is 0 Å². The van der Waals surface area contributed by atoms with Crippen LogP contribution < -0.4 is 10.2 Å². The van der Waals surface area contributed by atoms with Gasteiger partial charge in [-0.25, -0.2) is 9.67 Å². The third-order valence-corrected chi connectivity index (χ3v) is 6.89. The second-order valence-electron chi connectivity index (χ2n) is 9.29. The van der Waals surface area contributed by atoms with Gasteiger partial charge in [-0.15, -0.1) is 0 Å². The largest absolute Gasteiger partial charge is 0.508 e. The highest BCUT2D eigenvalue weighted by Crippen LogP contribution is 2.38. The second-order valence-corrected chi connectivity index (χ2v) is 9.67. The third kappa shape index (κ3) is 4.27. The van der Waals surface area contributed by atoms with Gasteiger partial charge in [0.05, 0.1) is 30.3 Å². The molecule has 2 aliphatic rings. The topological polar surface area (TPSA) is 68.9 Å². The van der Waals surface area contributed by atoms with Gasteiger partial charge in [-0.05, 0) is 47.9 Å². The van der Waals surface area contributed by atoms with Crippen LogP contribution in [0.3, 0.4) is 0 Å². The zero-order valence-electron chi connectivity index (χ0n) is 19.9. The Morgan fingerprint density at radius 2 is 1.78 bits per heavy atom. The minimum Gasteiger partial charge on any atom is -0.508 e. The monoisotopic (exact) mass is 514 g/mol. The molecule has 0 amide bonds. The van der Waals surface area contributed by atoms with Crippen molar-refractivity contribution in [2.75, 3.05) is 23.8 Å². The third-order valence-electron chi connectivity index (χ3n) is 6.41. The number of anilines is 3. The van der Waals surface area contributed by atoms with Crippen LogP contribution in [0.15, 0.2) is 53.5 Å². The molecular weight excluding hydrogens is 489 g/mol. The van der Waals surface area contributed by atoms with Gasteiger partial charge in [0.15, 0.2) is 5.82 Å². The number of benzene rings is 2. The van der Waals surface area contributed by atoms with Crippen molar-refractivity contribution in [1.82, 2.24) is 14.7 Å². The smallest absolute Gasteiger partial charge is 0.416 e. The fourth-order valence-corrected chi connectivity index (χ4v) is 4.59. The summed E-state index contributed by atoms with van der Waals surface area (Å²) in [7, 11) is 1.87. The summed E-state index contributed by atoms with van der Waals surface area (Å²) in [5, 5.41) is 17.9. The molecule has 2 aromatic carbocycles. The van der Waals surface area contributed by atoms with Gasteiger partial charge < -0.3 is 15.3 Å². The molecule has 2 N–H and O–H groups in total. The molecule has 1 atom stereocenters. The van der Waals surface area contributed by atoms with Crippen molar-refractivity contribution >= 4 is 40.5 Å². The summed E-state index contributed by atoms with van der Waals surface area (Å²) in [5.41, 5.74) is 1.38. The molecule has 0 bridgehead atoms. The summed E-state index contributed by atoms with van der Waals surface area (Å²) in [6, 6.07) is 11.7. The highest BCUT2D eigenvalue weighted by molar-refractivity contribution is 7.80. The lowest BCUT2D eigenvalue weighted by atomic mass is 10.1. The molecule has 3 aromatic rings. The van der Waals surface area contributed by atoms with E-state index in [2.05, 4.69) is 19.2 Å². The molecule has 0 saturated carbocycles. The average molecular weight is 515 g/mol. The number of guanidine groups is 1. The minimum absolute atomic E-state index is 0.0878. The van der Waals surface area contributed by atoms with Crippen molar-refractivity contribution in [1.29, 1.82) is 0 Å². The summed E-state index contributed by atoms with van der Waals surface area (Å²) < 4.78 is 40.9. The van der Waals surface area contributed by atoms with E-state index in [1.807, 2.05) is 16.8 Å². The van der Waals surface area contributed by atoms with Gasteiger partial charge in [-0.3, -0.25) is 4.90 Å². The number of phenolic OH excluding ortho intramolecular Hbond substituents is 1. The first-order valence-corrected chi connectivity index (χ1v) is 11.9. The molecule has 36 heavy (non-hydrogen) atoms. The lowest BCUT2D eigenvalue weighted by Crippen LogP contribution is -2.47. The lowest BCUT2D eigenvalue weighted by Gasteiger charge is -2.32. The number of hydrogen-bond acceptors (Lipinski definition) is 6. The molecule has 0 radical (unpaired) electrons. The molecule has 7 nitrogen and oxygen atoms in total. The highest BCUT2D eigenvalue weighted by atomic mass is 32.1. The van der Waals surface area contributed by atoms with Crippen LogP contribution in [0.1, 0.15) is 30.5 Å². The van der Waals surface area contributed by atoms with E-state index in [1.165, 1.54) is 12.1 Å². The highest BCUT2D eigenvalue weighted by Gasteiger charge is 2.41. The molecule has 11 heteroatoms. The number of aromatic nitrogens is 2. The Kier molecular flexibility index (Phi) is 5.90. The first kappa shape index (κ1) is 24.1. The van der Waals surface area contributed by atoms with Crippen LogP contribution in [-0.4, -0.2) is 50.4 Å². The summed E-state index contributed by atoms with van der Waals surface area (Å²) in [4.78, 5) is 9.32. The van der Waals surface area contributed by atoms with E-state index in [4.69, 9.17) is 22.3 Å². The number of alkyl halides is 3. The van der Waals surface area contributed by atoms with Gasteiger partial charge in [0.2, 0.25) is 5.96 Å². The predicted octanol–water partition coefficient (Wildman–Crippen LogP) is 5.22. The zero-order valence-corrected chi connectivity index (χ0v) is 20.7. The Hall–Kier alpha value is -3.60. The van der Waals surface area contributed by atoms with E-state index < -0.39 is 11.7 Å². The molecule has 188 valence electrons. The van der Waals surface area contributed by atoms with Crippen molar-refractivity contribution < 1.29 is 18.3 Å². The van der Waals surface area contributed by atoms with E-state index in [0.717, 1.165) is 23.7 Å². The molecule has 0 fully saturated rings. The maximum atomic E-state index is 13.0. The standard InChI is InChI=1S/C25H25F3N6OS/c1-14(2)19-13-33-22-20(23(36)32(3)24(33)30-19)21(29-17-8-10-18(35)11-9-17)34(31-22)12-15-4-6-16(7-5-15)25(26,27)28/h4-11,14,19,29,35H,12-13H2,1-3H3/t19-/m0/s1. The number of rotatable bonds is 5. The normalized spacial score (nSPS) is 17.4. The summed E-state index contributed by atoms with van der Waals surface area (Å²) in [6.07, 6.45) is -4.40. The van der Waals surface area contributed by atoms with Crippen LogP contribution in [-0.2, 0) is 12.7 Å². The van der Waals surface area contributed by atoms with Gasteiger partial charge in [-0.1, -0.05) is 38.2 Å². The van der Waals surface area contributed by atoms with Crippen LogP contribution in [0.25, 0.3) is 0 Å². The van der Waals surface area contributed by atoms with Gasteiger partial charge in [0, 0.05) is 12.7 Å². The van der Waals surface area contributed by atoms with E-state index in [-0.39, 0.29) is 18.3 Å². The Balaban J connectivity index is 1.58. The van der Waals surface area contributed by atoms with Gasteiger partial charge in [0.1, 0.15) is 16.6 Å². The maximum absolute atomic E-state index is 13.0. The number of thiocarbonyl (C=S) groups is 1. The number of halogens is 3. The predicted molar refractivity (Wildman–Crippen MR) is 137 cm³/mol. The quantitative estimate of drug-likeness (QED) is 0.360. The van der Waals surface area contributed by atoms with Crippen LogP contribution in [0.2, 0.25) is 0 Å². The Morgan fingerprint density at radius 1 is 1.11 bits per heavy atom. The van der Waals surface area contributed by atoms with E-state index >= 15 is 0 Å². The van der Waals surface area contributed by atoms with Crippen molar-refractivity contribution in [3.05, 3.63) is 65.2 Å². The minimum atomic E-state index is -4.40. The van der Waals surface area contributed by atoms with E-state index in [0.29, 0.717) is 40.3 Å². The van der Waals surface area contributed by atoms with Crippen LogP contribution in [0, 0.1) is 5.92 Å². The number of aliphatic imine (C=N–C) groups is 1. The number of hydrogen-bond donors (Lipinski definition) is 2. The van der Waals surface area contributed by atoms with Crippen LogP contribution in [0.4, 0.5) is 30.5 Å². The molecule has 0 spiro atoms. The number of nitrogens with zero attached hydrogens (tertiary/aromatic N) is 5. The summed E-state index contributed by atoms with van der Waals surface area (Å²) in [5.74, 6) is 2.47. The molecule has 0 unspecified atom stereocenters. The zero-order chi connectivity index (χ0) is 25.8. The summed E-state index contributed by atoms with van der Waals surface area (Å²) in [6.45, 7) is 5.12. The number of aromatic hydroxyl groups is 1. The lowest BCUT2D eigenvalue weighted by molar-refractivity contribution is -0.137. The van der Waals surface area contributed by atoms with Crippen molar-refractivity contribution in [3.8, 4) is 5.75 Å². The summed E-state index contributed by atoms with van der Waals surface area (Å²) >= 11 is 5.83. The first-order valence-electron chi connectivity index (χ1n) is 11.5. The molecular formula is C25H25F3N6OS. The van der Waals surface area contributed by atoms with E-state index in [1.54, 1.807) is 28.9 Å². The fraction of sp³-hybridized carbons (Fsp3) is 0.320. The average Bonchev–Trinajstić information content (AvgIpc) is 3.42. The van der Waals surface area contributed by atoms with Gasteiger partial charge in [-0.2, -0.15) is 18.3 Å². The molecule has 5 rings (SSSR count). The van der Waals surface area contributed by atoms with Crippen molar-refractivity contribution in [2.24, 2.45) is 10.9 Å².